The molecule has 0 N–H and O–H groups in total. The first-order chi connectivity index (χ1) is 18.3. The molecule has 0 saturated carbocycles. The smallest absolute Gasteiger partial charge is 0.416 e. The Kier molecular flexibility index (Phi) is 11.1. The van der Waals surface area contributed by atoms with Gasteiger partial charge in [0.2, 0.25) is 5.91 Å². The first-order valence-corrected chi connectivity index (χ1v) is 20.9. The van der Waals surface area contributed by atoms with Gasteiger partial charge in [0.1, 0.15) is 6.61 Å². The highest BCUT2D eigenvalue weighted by atomic mass is 28.4. The zero-order valence-corrected chi connectivity index (χ0v) is 27.2. The maximum absolute atomic E-state index is 14.0. The van der Waals surface area contributed by atoms with Crippen molar-refractivity contribution in [2.75, 3.05) is 6.61 Å². The van der Waals surface area contributed by atoms with Gasteiger partial charge in [-0.25, -0.2) is 9.69 Å². The molecule has 1 saturated heterocycles. The number of carbonyl (C=O) groups excluding carboxylic acids is 2. The second-order valence-electron chi connectivity index (χ2n) is 11.9. The molecule has 0 radical (unpaired) electrons. The van der Waals surface area contributed by atoms with Crippen LogP contribution in [0, 0.1) is 11.8 Å². The highest BCUT2D eigenvalue weighted by Crippen LogP contribution is 2.52. The zero-order chi connectivity index (χ0) is 27.9. The molecule has 2 amide bonds. The average molecular weight is 556 g/mol. The van der Waals surface area contributed by atoms with E-state index in [0.29, 0.717) is 13.0 Å². The summed E-state index contributed by atoms with van der Waals surface area (Å²) in [5.41, 5.74) is 2.84. The summed E-state index contributed by atoms with van der Waals surface area (Å²) in [6, 6.07) is 18.1. The lowest BCUT2D eigenvalue weighted by atomic mass is 9.78. The van der Waals surface area contributed by atoms with Gasteiger partial charge in [-0.15, -0.1) is 0 Å². The highest BCUT2D eigenvalue weighted by Gasteiger charge is 2.51. The number of benzene rings is 1. The van der Waals surface area contributed by atoms with Crippen molar-refractivity contribution >= 4 is 28.1 Å². The number of cyclic esters (lactones) is 1. The fraction of sp³-hybridized carbons (Fsp3) is 0.688. The number of ether oxygens (including phenoxy) is 1. The van der Waals surface area contributed by atoms with Crippen LogP contribution in [0.2, 0.25) is 41.4 Å². The zero-order valence-electron chi connectivity index (χ0n) is 25.2. The normalized spacial score (nSPS) is 22.5. The van der Waals surface area contributed by atoms with Crippen LogP contribution in [0.1, 0.15) is 73.3 Å². The highest BCUT2D eigenvalue weighted by molar-refractivity contribution is 7.00. The molecule has 3 atom stereocenters. The lowest BCUT2D eigenvalue weighted by Gasteiger charge is -2.51. The SMILES string of the molecule is CC[C@H]1C=C(C([Si](CC)(CC)CC)[Si](CC)(CC)CC)CC[C@@H]1C(=O)N1C(=O)OC[C@H]1Cc1ccccc1. The third-order valence-electron chi connectivity index (χ3n) is 10.8. The molecule has 4 nitrogen and oxygen atoms in total. The first-order valence-electron chi connectivity index (χ1n) is 15.5. The van der Waals surface area contributed by atoms with E-state index in [1.807, 2.05) is 18.2 Å². The molecule has 1 aromatic rings. The van der Waals surface area contributed by atoms with E-state index < -0.39 is 22.2 Å². The summed E-state index contributed by atoms with van der Waals surface area (Å²) in [5, 5.41) is 0.808. The predicted octanol–water partition coefficient (Wildman–Crippen LogP) is 8.87. The van der Waals surface area contributed by atoms with Crippen molar-refractivity contribution < 1.29 is 14.3 Å². The summed E-state index contributed by atoms with van der Waals surface area (Å²) in [6.07, 6.45) is 5.59. The van der Waals surface area contributed by atoms with Gasteiger partial charge in [0.25, 0.3) is 0 Å². The summed E-state index contributed by atoms with van der Waals surface area (Å²) in [6.45, 7) is 17.3. The Morgan fingerprint density at radius 3 is 1.97 bits per heavy atom. The molecule has 6 heteroatoms. The summed E-state index contributed by atoms with van der Waals surface area (Å²) in [5.74, 6) is 0.0615. The quantitative estimate of drug-likeness (QED) is 0.180. The molecule has 212 valence electrons. The summed E-state index contributed by atoms with van der Waals surface area (Å²) in [7, 11) is -2.98. The standard InChI is InChI=1S/C32H53NO3Si2/c1-8-26-23-27(31(37(9-2,10-3)11-4)38(12-5,13-6)14-7)20-21-29(26)30(34)33-28(24-36-32(33)35)22-25-18-16-15-17-19-25/h15-19,23,26,28-29,31H,8-14,20-22,24H2,1-7H3/t26-,28+,29-/m0/s1. The van der Waals surface area contributed by atoms with E-state index in [2.05, 4.69) is 66.7 Å². The third-order valence-corrected chi connectivity index (χ3v) is 26.1. The van der Waals surface area contributed by atoms with E-state index >= 15 is 0 Å². The molecule has 0 bridgehead atoms. The number of hydrogen-bond acceptors (Lipinski definition) is 3. The topological polar surface area (TPSA) is 46.6 Å². The van der Waals surface area contributed by atoms with E-state index in [-0.39, 0.29) is 23.8 Å². The van der Waals surface area contributed by atoms with E-state index in [1.54, 1.807) is 5.57 Å². The molecule has 0 spiro atoms. The van der Waals surface area contributed by atoms with Gasteiger partial charge in [0.15, 0.2) is 0 Å². The number of allylic oxidation sites excluding steroid dienone is 2. The van der Waals surface area contributed by atoms with Crippen LogP contribution < -0.4 is 0 Å². The van der Waals surface area contributed by atoms with Crippen LogP contribution in [-0.4, -0.2) is 45.7 Å². The van der Waals surface area contributed by atoms with Gasteiger partial charge in [-0.1, -0.05) is 127 Å². The maximum Gasteiger partial charge on any atom is 0.416 e. The Bertz CT molecular complexity index is 918. The summed E-state index contributed by atoms with van der Waals surface area (Å²) in [4.78, 5) is 28.3. The number of rotatable bonds is 13. The van der Waals surface area contributed by atoms with Crippen LogP contribution in [0.25, 0.3) is 0 Å². The summed E-state index contributed by atoms with van der Waals surface area (Å²) < 4.78 is 5.43. The van der Waals surface area contributed by atoms with E-state index in [9.17, 15) is 9.59 Å². The second-order valence-corrected chi connectivity index (χ2v) is 23.3. The monoisotopic (exact) mass is 555 g/mol. The van der Waals surface area contributed by atoms with Crippen molar-refractivity contribution in [1.82, 2.24) is 4.90 Å². The molecule has 2 aliphatic rings. The Hall–Kier alpha value is -1.67. The molecule has 1 aliphatic carbocycles. The fourth-order valence-electron chi connectivity index (χ4n) is 8.07. The average Bonchev–Trinajstić information content (AvgIpc) is 3.33. The van der Waals surface area contributed by atoms with Crippen molar-refractivity contribution in [2.24, 2.45) is 11.8 Å². The van der Waals surface area contributed by atoms with Gasteiger partial charge in [0.05, 0.1) is 22.2 Å². The van der Waals surface area contributed by atoms with Crippen molar-refractivity contribution in [3.8, 4) is 0 Å². The number of nitrogens with zero attached hydrogens (tertiary/aromatic N) is 1. The number of imide groups is 1. The first kappa shape index (κ1) is 30.9. The van der Waals surface area contributed by atoms with Gasteiger partial charge in [-0.3, -0.25) is 4.79 Å². The molecule has 0 aromatic heterocycles. The Balaban J connectivity index is 1.94. The number of amides is 2. The minimum absolute atomic E-state index is 0.0119. The molecule has 0 unspecified atom stereocenters. The summed E-state index contributed by atoms with van der Waals surface area (Å²) >= 11 is 0. The Morgan fingerprint density at radius 2 is 1.47 bits per heavy atom. The van der Waals surface area contributed by atoms with Crippen molar-refractivity contribution in [2.45, 2.75) is 122 Å². The number of carbonyl (C=O) groups is 2. The molecule has 1 aliphatic heterocycles. The van der Waals surface area contributed by atoms with Crippen LogP contribution in [0.5, 0.6) is 0 Å². The Morgan fingerprint density at radius 1 is 0.921 bits per heavy atom. The molecule has 3 rings (SSSR count). The molecular formula is C32H53NO3Si2. The second kappa shape index (κ2) is 13.6. The molecule has 1 aromatic carbocycles. The van der Waals surface area contributed by atoms with Crippen LogP contribution in [0.15, 0.2) is 42.0 Å². The maximum atomic E-state index is 14.0. The van der Waals surface area contributed by atoms with Crippen molar-refractivity contribution in [3.05, 3.63) is 47.5 Å². The van der Waals surface area contributed by atoms with Gasteiger partial charge >= 0.3 is 6.09 Å². The minimum atomic E-state index is -1.49. The van der Waals surface area contributed by atoms with Crippen LogP contribution >= 0.6 is 0 Å². The largest absolute Gasteiger partial charge is 0.447 e. The van der Waals surface area contributed by atoms with Crippen molar-refractivity contribution in [3.63, 3.8) is 0 Å². The predicted molar refractivity (Wildman–Crippen MR) is 165 cm³/mol. The van der Waals surface area contributed by atoms with E-state index in [1.165, 1.54) is 41.2 Å². The third kappa shape index (κ3) is 5.91. The lowest BCUT2D eigenvalue weighted by Crippen LogP contribution is -2.54. The fourth-order valence-corrected chi connectivity index (χ4v) is 24.4. The molecule has 1 fully saturated rings. The van der Waals surface area contributed by atoms with E-state index in [0.717, 1.165) is 30.0 Å². The molecular weight excluding hydrogens is 503 g/mol. The van der Waals surface area contributed by atoms with E-state index in [4.69, 9.17) is 4.74 Å². The van der Waals surface area contributed by atoms with Gasteiger partial charge in [0, 0.05) is 5.92 Å². The minimum Gasteiger partial charge on any atom is -0.447 e. The molecule has 38 heavy (non-hydrogen) atoms. The van der Waals surface area contributed by atoms with Gasteiger partial charge < -0.3 is 4.74 Å². The van der Waals surface area contributed by atoms with Crippen LogP contribution in [0.4, 0.5) is 4.79 Å². The molecule has 1 heterocycles. The van der Waals surface area contributed by atoms with Gasteiger partial charge in [-0.05, 0) is 42.3 Å². The lowest BCUT2D eigenvalue weighted by molar-refractivity contribution is -0.135. The van der Waals surface area contributed by atoms with Crippen LogP contribution in [0.3, 0.4) is 0 Å². The van der Waals surface area contributed by atoms with Crippen molar-refractivity contribution in [1.29, 1.82) is 0 Å². The Labute approximate surface area is 234 Å². The number of hydrogen-bond donors (Lipinski definition) is 0. The van der Waals surface area contributed by atoms with Gasteiger partial charge in [-0.2, -0.15) is 0 Å². The van der Waals surface area contributed by atoms with Crippen LogP contribution in [-0.2, 0) is 16.0 Å².